The molecule has 2 atom stereocenters. The van der Waals surface area contributed by atoms with E-state index >= 15 is 0 Å². The lowest BCUT2D eigenvalue weighted by atomic mass is 9.95. The zero-order chi connectivity index (χ0) is 19.4. The summed E-state index contributed by atoms with van der Waals surface area (Å²) in [5, 5.41) is 15.7. The molecule has 8 heteroatoms. The molecule has 0 saturated carbocycles. The van der Waals surface area contributed by atoms with E-state index in [1.165, 1.54) is 0 Å². The second-order valence-electron chi connectivity index (χ2n) is 6.89. The van der Waals surface area contributed by atoms with Crippen LogP contribution in [-0.2, 0) is 20.8 Å². The average molecular weight is 389 g/mol. The van der Waals surface area contributed by atoms with Crippen molar-refractivity contribution in [1.82, 2.24) is 15.3 Å². The molecule has 0 aromatic heterocycles. The van der Waals surface area contributed by atoms with E-state index in [0.29, 0.717) is 19.5 Å². The third-order valence-corrected chi connectivity index (χ3v) is 5.39. The van der Waals surface area contributed by atoms with Crippen LogP contribution in [0.5, 0.6) is 0 Å². The highest BCUT2D eigenvalue weighted by molar-refractivity contribution is 7.82. The van der Waals surface area contributed by atoms with E-state index in [1.807, 2.05) is 35.3 Å². The number of carbonyl (C=O) groups is 3. The average Bonchev–Trinajstić information content (AvgIpc) is 2.80. The van der Waals surface area contributed by atoms with Crippen LogP contribution in [0.15, 0.2) is 30.3 Å². The van der Waals surface area contributed by atoms with Gasteiger partial charge in [0.05, 0.1) is 10.8 Å². The normalized spacial score (nSPS) is 23.3. The van der Waals surface area contributed by atoms with Gasteiger partial charge in [-0.15, -0.1) is 0 Å². The van der Waals surface area contributed by atoms with E-state index in [2.05, 4.69) is 5.32 Å². The van der Waals surface area contributed by atoms with Gasteiger partial charge in [0, 0.05) is 26.1 Å². The second-order valence-corrected chi connectivity index (χ2v) is 7.39. The monoisotopic (exact) mass is 389 g/mol. The van der Waals surface area contributed by atoms with Crippen LogP contribution in [0.25, 0.3) is 0 Å². The SMILES string of the molecule is O=C(N[C@@H]1C(=O)N2CCCCN2CC[C@H]1C(=O)O)C(=S)Cc1ccccc1. The van der Waals surface area contributed by atoms with Gasteiger partial charge in [0.2, 0.25) is 0 Å². The molecule has 2 aliphatic rings. The van der Waals surface area contributed by atoms with Crippen LogP contribution in [0, 0.1) is 5.92 Å². The van der Waals surface area contributed by atoms with Gasteiger partial charge < -0.3 is 10.4 Å². The van der Waals surface area contributed by atoms with Crippen LogP contribution in [0.2, 0.25) is 0 Å². The van der Waals surface area contributed by atoms with Gasteiger partial charge in [0.15, 0.2) is 0 Å². The first-order valence-electron chi connectivity index (χ1n) is 9.14. The molecule has 3 rings (SSSR count). The van der Waals surface area contributed by atoms with Crippen molar-refractivity contribution in [3.63, 3.8) is 0 Å². The lowest BCUT2D eigenvalue weighted by molar-refractivity contribution is -0.156. The Morgan fingerprint density at radius 3 is 2.56 bits per heavy atom. The van der Waals surface area contributed by atoms with Gasteiger partial charge >= 0.3 is 5.97 Å². The van der Waals surface area contributed by atoms with Crippen LogP contribution in [0.4, 0.5) is 0 Å². The number of nitrogens with one attached hydrogen (secondary N) is 1. The molecule has 2 saturated heterocycles. The number of rotatable bonds is 5. The van der Waals surface area contributed by atoms with Crippen molar-refractivity contribution < 1.29 is 19.5 Å². The number of amides is 2. The fourth-order valence-electron chi connectivity index (χ4n) is 3.60. The van der Waals surface area contributed by atoms with Crippen LogP contribution < -0.4 is 5.32 Å². The molecule has 2 N–H and O–H groups in total. The molecule has 2 heterocycles. The van der Waals surface area contributed by atoms with Gasteiger partial charge in [-0.1, -0.05) is 42.5 Å². The minimum atomic E-state index is -1.10. The number of carboxylic acid groups (broad SMARTS) is 1. The fourth-order valence-corrected chi connectivity index (χ4v) is 3.82. The van der Waals surface area contributed by atoms with Crippen LogP contribution in [0.1, 0.15) is 24.8 Å². The Kier molecular flexibility index (Phi) is 6.18. The molecule has 0 spiro atoms. The number of thiocarbonyl (C=S) groups is 1. The van der Waals surface area contributed by atoms with Crippen molar-refractivity contribution in [2.24, 2.45) is 5.92 Å². The predicted octanol–water partition coefficient (Wildman–Crippen LogP) is 1.03. The number of benzene rings is 1. The first-order valence-corrected chi connectivity index (χ1v) is 9.55. The molecule has 0 aliphatic carbocycles. The Morgan fingerprint density at radius 2 is 1.85 bits per heavy atom. The number of aliphatic carboxylic acids is 1. The Bertz CT molecular complexity index is 740. The third kappa shape index (κ3) is 4.51. The second kappa shape index (κ2) is 8.58. The number of hydrogen-bond donors (Lipinski definition) is 2. The van der Waals surface area contributed by atoms with Crippen molar-refractivity contribution in [2.75, 3.05) is 19.6 Å². The van der Waals surface area contributed by atoms with Gasteiger partial charge in [-0.25, -0.2) is 5.01 Å². The fraction of sp³-hybridized carbons (Fsp3) is 0.474. The van der Waals surface area contributed by atoms with Crippen molar-refractivity contribution in [3.8, 4) is 0 Å². The van der Waals surface area contributed by atoms with Gasteiger partial charge in [-0.05, 0) is 24.8 Å². The van der Waals surface area contributed by atoms with E-state index in [1.54, 1.807) is 5.01 Å². The van der Waals surface area contributed by atoms with E-state index in [9.17, 15) is 19.5 Å². The largest absolute Gasteiger partial charge is 0.481 e. The van der Waals surface area contributed by atoms with Crippen molar-refractivity contribution in [3.05, 3.63) is 35.9 Å². The number of hydrogen-bond acceptors (Lipinski definition) is 5. The lowest BCUT2D eigenvalue weighted by Crippen LogP contribution is -2.57. The number of carbonyl (C=O) groups excluding carboxylic acids is 2. The summed E-state index contributed by atoms with van der Waals surface area (Å²) in [5.74, 6) is -2.96. The number of nitrogens with zero attached hydrogens (tertiary/aromatic N) is 2. The summed E-state index contributed by atoms with van der Waals surface area (Å²) in [4.78, 5) is 37.4. The quantitative estimate of drug-likeness (QED) is 0.731. The molecule has 27 heavy (non-hydrogen) atoms. The highest BCUT2D eigenvalue weighted by atomic mass is 32.1. The summed E-state index contributed by atoms with van der Waals surface area (Å²) in [7, 11) is 0. The summed E-state index contributed by atoms with van der Waals surface area (Å²) in [6.07, 6.45) is 2.41. The van der Waals surface area contributed by atoms with E-state index in [-0.39, 0.29) is 17.2 Å². The van der Waals surface area contributed by atoms with Gasteiger partial charge in [0.1, 0.15) is 6.04 Å². The smallest absolute Gasteiger partial charge is 0.309 e. The van der Waals surface area contributed by atoms with Crippen molar-refractivity contribution >= 4 is 34.9 Å². The van der Waals surface area contributed by atoms with Gasteiger partial charge in [0.25, 0.3) is 11.8 Å². The topological polar surface area (TPSA) is 90.0 Å². The Hall–Kier alpha value is -2.32. The van der Waals surface area contributed by atoms with Gasteiger partial charge in [-0.2, -0.15) is 0 Å². The van der Waals surface area contributed by atoms with Crippen LogP contribution in [0.3, 0.4) is 0 Å². The molecule has 144 valence electrons. The molecule has 2 fully saturated rings. The molecule has 1 aromatic rings. The maximum atomic E-state index is 13.0. The standard InChI is InChI=1S/C19H23N3O4S/c23-17(15(27)12-13-6-2-1-3-7-13)20-16-14(19(25)26)8-11-21-9-4-5-10-22(21)18(16)24/h1-3,6-7,14,16H,4-5,8-12H2,(H,20,23)(H,25,26)/t14-,16+/m1/s1. The molecule has 0 radical (unpaired) electrons. The molecule has 0 unspecified atom stereocenters. The Morgan fingerprint density at radius 1 is 1.15 bits per heavy atom. The number of hydrazine groups is 1. The van der Waals surface area contributed by atoms with Crippen LogP contribution >= 0.6 is 12.2 Å². The van der Waals surface area contributed by atoms with E-state index in [0.717, 1.165) is 24.9 Å². The molecule has 0 bridgehead atoms. The first-order chi connectivity index (χ1) is 13.0. The molecule has 7 nitrogen and oxygen atoms in total. The van der Waals surface area contributed by atoms with E-state index in [4.69, 9.17) is 12.2 Å². The van der Waals surface area contributed by atoms with E-state index < -0.39 is 23.8 Å². The maximum absolute atomic E-state index is 13.0. The molecule has 2 amide bonds. The van der Waals surface area contributed by atoms with Crippen molar-refractivity contribution in [2.45, 2.75) is 31.7 Å². The maximum Gasteiger partial charge on any atom is 0.309 e. The highest BCUT2D eigenvalue weighted by Gasteiger charge is 2.42. The van der Waals surface area contributed by atoms with Crippen molar-refractivity contribution in [1.29, 1.82) is 0 Å². The minimum absolute atomic E-state index is 0.137. The van der Waals surface area contributed by atoms with Crippen LogP contribution in [-0.4, -0.2) is 63.4 Å². The summed E-state index contributed by atoms with van der Waals surface area (Å²) in [5.41, 5.74) is 0.891. The Labute approximate surface area is 163 Å². The summed E-state index contributed by atoms with van der Waals surface area (Å²) < 4.78 is 0. The minimum Gasteiger partial charge on any atom is -0.481 e. The first kappa shape index (κ1) is 19.4. The third-order valence-electron chi connectivity index (χ3n) is 5.06. The lowest BCUT2D eigenvalue weighted by Gasteiger charge is -2.38. The summed E-state index contributed by atoms with van der Waals surface area (Å²) >= 11 is 5.22. The molecular formula is C19H23N3O4S. The Balaban J connectivity index is 1.74. The zero-order valence-corrected chi connectivity index (χ0v) is 15.8. The zero-order valence-electron chi connectivity index (χ0n) is 15.0. The number of fused-ring (bicyclic) bond motifs is 1. The molecule has 1 aromatic carbocycles. The number of carboxylic acids is 1. The summed E-state index contributed by atoms with van der Waals surface area (Å²) in [6.45, 7) is 1.76. The van der Waals surface area contributed by atoms with Gasteiger partial charge in [-0.3, -0.25) is 19.4 Å². The molecular weight excluding hydrogens is 366 g/mol. The summed E-state index contributed by atoms with van der Waals surface area (Å²) in [6, 6.07) is 8.21. The highest BCUT2D eigenvalue weighted by Crippen LogP contribution is 2.23. The molecule has 2 aliphatic heterocycles. The predicted molar refractivity (Wildman–Crippen MR) is 103 cm³/mol.